The van der Waals surface area contributed by atoms with Gasteiger partial charge in [0.25, 0.3) is 0 Å². The van der Waals surface area contributed by atoms with E-state index in [9.17, 15) is 4.79 Å². The summed E-state index contributed by atoms with van der Waals surface area (Å²) < 4.78 is 1.99. The first-order valence-electron chi connectivity index (χ1n) is 8.78. The average molecular weight is 361 g/mol. The zero-order chi connectivity index (χ0) is 18.5. The largest absolute Gasteiger partial charge is 0.356 e. The van der Waals surface area contributed by atoms with Gasteiger partial charge in [0.1, 0.15) is 5.82 Å². The Kier molecular flexibility index (Phi) is 4.86. The Balaban J connectivity index is 1.25. The Hall–Kier alpha value is -3.55. The van der Waals surface area contributed by atoms with Gasteiger partial charge in [0.05, 0.1) is 17.4 Å². The molecule has 3 heterocycles. The molecule has 4 aromatic rings. The molecule has 3 aromatic heterocycles. The number of H-pyrrole nitrogens is 1. The molecule has 0 atom stereocenters. The molecule has 0 spiro atoms. The summed E-state index contributed by atoms with van der Waals surface area (Å²) in [5.41, 5.74) is 2.83. The van der Waals surface area contributed by atoms with Gasteiger partial charge in [0.2, 0.25) is 5.91 Å². The van der Waals surface area contributed by atoms with Crippen molar-refractivity contribution in [2.45, 2.75) is 19.4 Å². The summed E-state index contributed by atoms with van der Waals surface area (Å²) in [5, 5.41) is 10.0. The molecule has 2 N–H and O–H groups in total. The lowest BCUT2D eigenvalue weighted by Crippen LogP contribution is -2.26. The van der Waals surface area contributed by atoms with E-state index in [4.69, 9.17) is 0 Å². The van der Waals surface area contributed by atoms with Crippen molar-refractivity contribution < 1.29 is 4.79 Å². The Morgan fingerprint density at radius 1 is 1.19 bits per heavy atom. The van der Waals surface area contributed by atoms with Gasteiger partial charge in [-0.3, -0.25) is 14.9 Å². The number of hydrogen-bond donors (Lipinski definition) is 2. The fourth-order valence-corrected chi connectivity index (χ4v) is 2.85. The van der Waals surface area contributed by atoms with Crippen LogP contribution >= 0.6 is 0 Å². The number of nitrogens with zero attached hydrogens (tertiary/aromatic N) is 5. The van der Waals surface area contributed by atoms with Crippen LogP contribution in [0.5, 0.6) is 0 Å². The van der Waals surface area contributed by atoms with Crippen LogP contribution in [0.4, 0.5) is 0 Å². The molecule has 1 amide bonds. The second kappa shape index (κ2) is 7.77. The van der Waals surface area contributed by atoms with E-state index < -0.39 is 0 Å². The Bertz CT molecular complexity index is 1040. The maximum atomic E-state index is 12.1. The van der Waals surface area contributed by atoms with E-state index in [2.05, 4.69) is 30.5 Å². The fraction of sp³-hybridized carbons (Fsp3) is 0.211. The number of pyridine rings is 1. The number of fused-ring (bicyclic) bond motifs is 1. The van der Waals surface area contributed by atoms with Gasteiger partial charge >= 0.3 is 0 Å². The van der Waals surface area contributed by atoms with E-state index in [1.807, 2.05) is 41.0 Å². The van der Waals surface area contributed by atoms with E-state index in [-0.39, 0.29) is 5.91 Å². The van der Waals surface area contributed by atoms with Gasteiger partial charge < -0.3 is 9.88 Å². The van der Waals surface area contributed by atoms with Crippen LogP contribution in [0.15, 0.2) is 55.1 Å². The minimum Gasteiger partial charge on any atom is -0.356 e. The van der Waals surface area contributed by atoms with Crippen LogP contribution in [-0.2, 0) is 17.8 Å². The smallest absolute Gasteiger partial charge is 0.221 e. The maximum absolute atomic E-state index is 12.1. The van der Waals surface area contributed by atoms with Crippen LogP contribution in [0.3, 0.4) is 0 Å². The summed E-state index contributed by atoms with van der Waals surface area (Å²) in [5.74, 6) is 1.34. The predicted octanol–water partition coefficient (Wildman–Crippen LogP) is 1.97. The standard InChI is InChI=1S/C19H19N7O/c27-18(8-11-26-13-22-15-5-1-2-6-16(15)26)21-10-7-17-23-19(25-24-17)14-4-3-9-20-12-14/h1-6,9,12-13H,7-8,10-11H2,(H,21,27)(H,23,24,25). The second-order valence-electron chi connectivity index (χ2n) is 6.12. The van der Waals surface area contributed by atoms with Crippen LogP contribution in [-0.4, -0.2) is 42.2 Å². The molecule has 0 unspecified atom stereocenters. The molecule has 0 bridgehead atoms. The number of aryl methyl sites for hydroxylation is 1. The van der Waals surface area contributed by atoms with Crippen molar-refractivity contribution in [3.63, 3.8) is 0 Å². The second-order valence-corrected chi connectivity index (χ2v) is 6.12. The summed E-state index contributed by atoms with van der Waals surface area (Å²) in [4.78, 5) is 24.9. The van der Waals surface area contributed by atoms with E-state index in [0.717, 1.165) is 22.4 Å². The molecule has 0 radical (unpaired) electrons. The Morgan fingerprint density at radius 2 is 2.11 bits per heavy atom. The highest BCUT2D eigenvalue weighted by Crippen LogP contribution is 2.13. The van der Waals surface area contributed by atoms with Gasteiger partial charge in [0, 0.05) is 43.9 Å². The number of carbonyl (C=O) groups is 1. The predicted molar refractivity (Wildman–Crippen MR) is 101 cm³/mol. The van der Waals surface area contributed by atoms with Crippen molar-refractivity contribution in [1.82, 2.24) is 35.0 Å². The SMILES string of the molecule is O=C(CCn1cnc2ccccc21)NCCc1nc(-c2cccnc2)n[nH]1. The zero-order valence-electron chi connectivity index (χ0n) is 14.7. The summed E-state index contributed by atoms with van der Waals surface area (Å²) in [7, 11) is 0. The molecule has 0 aliphatic heterocycles. The average Bonchev–Trinajstić information content (AvgIpc) is 3.34. The van der Waals surface area contributed by atoms with Gasteiger partial charge in [0.15, 0.2) is 5.82 Å². The van der Waals surface area contributed by atoms with E-state index >= 15 is 0 Å². The molecule has 0 aliphatic rings. The number of nitrogens with one attached hydrogen (secondary N) is 2. The molecule has 136 valence electrons. The van der Waals surface area contributed by atoms with E-state index in [0.29, 0.717) is 31.8 Å². The van der Waals surface area contributed by atoms with E-state index in [1.54, 1.807) is 18.7 Å². The third-order valence-electron chi connectivity index (χ3n) is 4.24. The molecule has 0 aliphatic carbocycles. The maximum Gasteiger partial charge on any atom is 0.221 e. The van der Waals surface area contributed by atoms with Crippen LogP contribution in [0.1, 0.15) is 12.2 Å². The number of imidazole rings is 1. The number of carbonyl (C=O) groups excluding carboxylic acids is 1. The van der Waals surface area contributed by atoms with E-state index in [1.165, 1.54) is 0 Å². The van der Waals surface area contributed by atoms with Crippen molar-refractivity contribution in [1.29, 1.82) is 0 Å². The molecule has 4 rings (SSSR count). The molecule has 0 saturated carbocycles. The van der Waals surface area contributed by atoms with Crippen LogP contribution in [0.25, 0.3) is 22.4 Å². The lowest BCUT2D eigenvalue weighted by molar-refractivity contribution is -0.121. The minimum atomic E-state index is -0.000204. The summed E-state index contributed by atoms with van der Waals surface area (Å²) >= 11 is 0. The molecule has 1 aromatic carbocycles. The highest BCUT2D eigenvalue weighted by Gasteiger charge is 2.08. The number of benzene rings is 1. The zero-order valence-corrected chi connectivity index (χ0v) is 14.7. The van der Waals surface area contributed by atoms with Gasteiger partial charge in [-0.05, 0) is 24.3 Å². The minimum absolute atomic E-state index is 0.000204. The van der Waals surface area contributed by atoms with Crippen LogP contribution < -0.4 is 5.32 Å². The van der Waals surface area contributed by atoms with Crippen molar-refractivity contribution >= 4 is 16.9 Å². The number of aromatic amines is 1. The molecule has 27 heavy (non-hydrogen) atoms. The van der Waals surface area contributed by atoms with Gasteiger partial charge in [-0.15, -0.1) is 0 Å². The first kappa shape index (κ1) is 16.9. The normalized spacial score (nSPS) is 11.0. The fourth-order valence-electron chi connectivity index (χ4n) is 2.85. The number of amides is 1. The highest BCUT2D eigenvalue weighted by molar-refractivity contribution is 5.77. The van der Waals surface area contributed by atoms with Crippen molar-refractivity contribution in [2.24, 2.45) is 0 Å². The monoisotopic (exact) mass is 361 g/mol. The summed E-state index contributed by atoms with van der Waals surface area (Å²) in [6, 6.07) is 11.6. The lowest BCUT2D eigenvalue weighted by Gasteiger charge is -2.05. The number of para-hydroxylation sites is 2. The quantitative estimate of drug-likeness (QED) is 0.524. The van der Waals surface area contributed by atoms with Gasteiger partial charge in [-0.1, -0.05) is 12.1 Å². The number of aromatic nitrogens is 6. The van der Waals surface area contributed by atoms with Crippen LogP contribution in [0, 0.1) is 0 Å². The van der Waals surface area contributed by atoms with Gasteiger partial charge in [-0.2, -0.15) is 5.10 Å². The third-order valence-corrected chi connectivity index (χ3v) is 4.24. The van der Waals surface area contributed by atoms with Crippen LogP contribution in [0.2, 0.25) is 0 Å². The summed E-state index contributed by atoms with van der Waals surface area (Å²) in [6.07, 6.45) is 6.19. The number of rotatable bonds is 7. The molecular formula is C19H19N7O. The molecule has 8 heteroatoms. The molecule has 0 saturated heterocycles. The molecule has 0 fully saturated rings. The topological polar surface area (TPSA) is 101 Å². The first-order chi connectivity index (χ1) is 13.3. The van der Waals surface area contributed by atoms with Crippen molar-refractivity contribution in [3.8, 4) is 11.4 Å². The Labute approximate surface area is 155 Å². The number of hydrogen-bond acceptors (Lipinski definition) is 5. The highest BCUT2D eigenvalue weighted by atomic mass is 16.1. The van der Waals surface area contributed by atoms with Gasteiger partial charge in [-0.25, -0.2) is 9.97 Å². The molecular weight excluding hydrogens is 342 g/mol. The van der Waals surface area contributed by atoms with Crippen molar-refractivity contribution in [3.05, 3.63) is 60.9 Å². The first-order valence-corrected chi connectivity index (χ1v) is 8.78. The Morgan fingerprint density at radius 3 is 3.00 bits per heavy atom. The third kappa shape index (κ3) is 4.00. The lowest BCUT2D eigenvalue weighted by atomic mass is 10.3. The summed E-state index contributed by atoms with van der Waals surface area (Å²) in [6.45, 7) is 1.10. The molecule has 8 nitrogen and oxygen atoms in total. The van der Waals surface area contributed by atoms with Crippen molar-refractivity contribution in [2.75, 3.05) is 6.54 Å².